The molecular weight excluding hydrogens is 507 g/mol. The number of nitrogens with zero attached hydrogens (tertiary/aromatic N) is 5. The monoisotopic (exact) mass is 531 g/mol. The summed E-state index contributed by atoms with van der Waals surface area (Å²) in [5, 5.41) is 5.24. The molecule has 1 fully saturated rings. The summed E-state index contributed by atoms with van der Waals surface area (Å²) in [6, 6.07) is 9.02. The fraction of sp³-hybridized carbons (Fsp3) is 0.320. The lowest BCUT2D eigenvalue weighted by molar-refractivity contribution is -0.138. The Morgan fingerprint density at radius 3 is 2.57 bits per heavy atom. The molecule has 3 aromatic rings. The van der Waals surface area contributed by atoms with Gasteiger partial charge in [0.2, 0.25) is 5.17 Å². The minimum absolute atomic E-state index is 0.0602. The molecule has 0 saturated carbocycles. The van der Waals surface area contributed by atoms with Crippen LogP contribution in [-0.2, 0) is 28.3 Å². The van der Waals surface area contributed by atoms with Crippen LogP contribution < -0.4 is 4.74 Å². The number of fused-ring (bicyclic) bond motifs is 1. The Hall–Kier alpha value is -3.51. The van der Waals surface area contributed by atoms with E-state index in [1.165, 1.54) is 23.9 Å². The van der Waals surface area contributed by atoms with Crippen molar-refractivity contribution >= 4 is 38.9 Å². The molecule has 0 aliphatic carbocycles. The number of amides is 1. The smallest absolute Gasteiger partial charge is 0.416 e. The summed E-state index contributed by atoms with van der Waals surface area (Å²) in [5.74, 6) is -0.403. The second kappa shape index (κ2) is 9.75. The molecule has 0 bridgehead atoms. The van der Waals surface area contributed by atoms with Gasteiger partial charge in [0, 0.05) is 31.6 Å². The Kier molecular flexibility index (Phi) is 6.63. The third-order valence-electron chi connectivity index (χ3n) is 6.45. The average Bonchev–Trinajstić information content (AvgIpc) is 3.39. The summed E-state index contributed by atoms with van der Waals surface area (Å²) in [4.78, 5) is 20.7. The number of carbonyl (C=O) groups excluding carboxylic acids is 1. The number of rotatable bonds is 4. The Balaban J connectivity index is 1.39. The second-order valence-electron chi connectivity index (χ2n) is 8.91. The number of benzene rings is 2. The zero-order chi connectivity index (χ0) is 26.3. The number of likely N-dealkylation sites (N-methyl/N-ethyl adjacent to an activating group) is 1. The summed E-state index contributed by atoms with van der Waals surface area (Å²) in [5.41, 5.74) is 0.526. The lowest BCUT2D eigenvalue weighted by Crippen LogP contribution is -2.47. The van der Waals surface area contributed by atoms with E-state index in [0.29, 0.717) is 34.7 Å². The van der Waals surface area contributed by atoms with Gasteiger partial charge in [-0.25, -0.2) is 4.21 Å². The van der Waals surface area contributed by atoms with Crippen molar-refractivity contribution in [1.29, 1.82) is 0 Å². The number of amidine groups is 1. The second-order valence-corrected chi connectivity index (χ2v) is 10.3. The third-order valence-corrected chi connectivity index (χ3v) is 7.83. The lowest BCUT2D eigenvalue weighted by Gasteiger charge is -2.32. The first-order chi connectivity index (χ1) is 17.6. The Morgan fingerprint density at radius 2 is 1.86 bits per heavy atom. The summed E-state index contributed by atoms with van der Waals surface area (Å²) in [6.07, 6.45) is -1.44. The number of carbonyl (C=O) groups is 1. The number of aliphatic imine (C=N–C) groups is 1. The summed E-state index contributed by atoms with van der Waals surface area (Å²) < 4.78 is 60.4. The van der Waals surface area contributed by atoms with Crippen molar-refractivity contribution in [2.75, 3.05) is 40.3 Å². The third kappa shape index (κ3) is 5.03. The molecule has 2 aliphatic heterocycles. The maximum atomic E-state index is 13.6. The lowest BCUT2D eigenvalue weighted by atomic mass is 10.1. The van der Waals surface area contributed by atoms with Crippen LogP contribution in [0.25, 0.3) is 17.0 Å². The van der Waals surface area contributed by atoms with E-state index in [-0.39, 0.29) is 22.8 Å². The predicted molar refractivity (Wildman–Crippen MR) is 134 cm³/mol. The van der Waals surface area contributed by atoms with Gasteiger partial charge in [-0.3, -0.25) is 9.48 Å². The molecule has 2 aromatic carbocycles. The van der Waals surface area contributed by atoms with E-state index in [1.807, 2.05) is 11.9 Å². The van der Waals surface area contributed by atoms with E-state index in [9.17, 15) is 22.2 Å². The van der Waals surface area contributed by atoms with E-state index in [4.69, 9.17) is 4.74 Å². The van der Waals surface area contributed by atoms with Crippen molar-refractivity contribution < 1.29 is 26.9 Å². The summed E-state index contributed by atoms with van der Waals surface area (Å²) in [7, 11) is 1.65. The topological polar surface area (TPSA) is 80.0 Å². The number of methoxy groups -OCH3 is 1. The zero-order valence-electron chi connectivity index (χ0n) is 20.2. The molecule has 1 aromatic heterocycles. The van der Waals surface area contributed by atoms with Crippen molar-refractivity contribution in [3.8, 4) is 5.75 Å². The molecule has 8 nitrogen and oxygen atoms in total. The van der Waals surface area contributed by atoms with Gasteiger partial charge in [0.25, 0.3) is 5.91 Å². The maximum Gasteiger partial charge on any atom is 0.416 e. The molecule has 1 amide bonds. The average molecular weight is 532 g/mol. The SMILES string of the molecule is COc1ccc(Cn2ncc3cc(C=C4C(=O)N=C(N5CCN(C)CC5)S4=O)ccc32)c(C(F)(F)F)c1. The molecule has 12 heteroatoms. The van der Waals surface area contributed by atoms with Crippen LogP contribution in [0.1, 0.15) is 16.7 Å². The zero-order valence-corrected chi connectivity index (χ0v) is 21.0. The van der Waals surface area contributed by atoms with Gasteiger partial charge in [0.1, 0.15) is 21.5 Å². The molecule has 194 valence electrons. The van der Waals surface area contributed by atoms with Crippen molar-refractivity contribution in [3.63, 3.8) is 0 Å². The van der Waals surface area contributed by atoms with Crippen molar-refractivity contribution in [1.82, 2.24) is 19.6 Å². The molecule has 0 radical (unpaired) electrons. The van der Waals surface area contributed by atoms with Crippen LogP contribution >= 0.6 is 0 Å². The van der Waals surface area contributed by atoms with E-state index in [2.05, 4.69) is 15.0 Å². The van der Waals surface area contributed by atoms with E-state index < -0.39 is 28.4 Å². The first-order valence-electron chi connectivity index (χ1n) is 11.5. The fourth-order valence-electron chi connectivity index (χ4n) is 4.38. The molecule has 5 rings (SSSR count). The highest BCUT2D eigenvalue weighted by molar-refractivity contribution is 8.05. The van der Waals surface area contributed by atoms with Gasteiger partial charge >= 0.3 is 6.18 Å². The highest BCUT2D eigenvalue weighted by Crippen LogP contribution is 2.35. The van der Waals surface area contributed by atoms with Crippen LogP contribution in [0.15, 0.2) is 52.5 Å². The molecule has 37 heavy (non-hydrogen) atoms. The van der Waals surface area contributed by atoms with Gasteiger partial charge in [-0.1, -0.05) is 12.1 Å². The highest BCUT2D eigenvalue weighted by Gasteiger charge is 2.35. The van der Waals surface area contributed by atoms with E-state index >= 15 is 0 Å². The first-order valence-corrected chi connectivity index (χ1v) is 12.7. The van der Waals surface area contributed by atoms with Gasteiger partial charge in [-0.05, 0) is 48.5 Å². The molecule has 1 saturated heterocycles. The molecule has 0 spiro atoms. The van der Waals surface area contributed by atoms with Crippen LogP contribution in [0.3, 0.4) is 0 Å². The fourth-order valence-corrected chi connectivity index (χ4v) is 5.61. The van der Waals surface area contributed by atoms with Crippen LogP contribution in [0.5, 0.6) is 5.75 Å². The number of piperazine rings is 1. The normalized spacial score (nSPS) is 20.2. The first kappa shape index (κ1) is 25.2. The minimum atomic E-state index is -4.54. The summed E-state index contributed by atoms with van der Waals surface area (Å²) >= 11 is 0. The molecular formula is C25H24F3N5O3S. The van der Waals surface area contributed by atoms with E-state index in [0.717, 1.165) is 19.2 Å². The van der Waals surface area contributed by atoms with Crippen LogP contribution in [0.4, 0.5) is 13.2 Å². The number of aromatic nitrogens is 2. The molecule has 0 N–H and O–H groups in total. The molecule has 3 heterocycles. The van der Waals surface area contributed by atoms with E-state index in [1.54, 1.807) is 30.5 Å². The van der Waals surface area contributed by atoms with Gasteiger partial charge in [-0.2, -0.15) is 23.3 Å². The Labute approximate surface area is 213 Å². The molecule has 2 aliphatic rings. The number of hydrogen-bond donors (Lipinski definition) is 0. The number of alkyl halides is 3. The Bertz CT molecular complexity index is 1460. The Morgan fingerprint density at radius 1 is 1.11 bits per heavy atom. The van der Waals surface area contributed by atoms with Gasteiger partial charge in [-0.15, -0.1) is 0 Å². The van der Waals surface area contributed by atoms with Crippen LogP contribution in [0.2, 0.25) is 0 Å². The predicted octanol–water partition coefficient (Wildman–Crippen LogP) is 3.35. The van der Waals surface area contributed by atoms with Crippen molar-refractivity contribution in [3.05, 3.63) is 64.2 Å². The quantitative estimate of drug-likeness (QED) is 0.481. The largest absolute Gasteiger partial charge is 0.497 e. The number of ether oxygens (including phenoxy) is 1. The van der Waals surface area contributed by atoms with Gasteiger partial charge in [0.15, 0.2) is 0 Å². The minimum Gasteiger partial charge on any atom is -0.497 e. The standard InChI is InChI=1S/C25H24F3N5O3S/c1-31-7-9-32(10-8-31)24-30-23(34)22(37(24)35)12-16-3-6-21-18(11-16)14-29-33(21)15-17-4-5-19(36-2)13-20(17)25(26,27)28/h3-6,11-14H,7-10,15H2,1-2H3. The van der Waals surface area contributed by atoms with Gasteiger partial charge in [0.05, 0.1) is 30.9 Å². The van der Waals surface area contributed by atoms with Crippen LogP contribution in [0, 0.1) is 0 Å². The highest BCUT2D eigenvalue weighted by atomic mass is 32.2. The molecule has 1 unspecified atom stereocenters. The maximum absolute atomic E-state index is 13.6. The van der Waals surface area contributed by atoms with Crippen molar-refractivity contribution in [2.45, 2.75) is 12.7 Å². The summed E-state index contributed by atoms with van der Waals surface area (Å²) in [6.45, 7) is 2.80. The van der Waals surface area contributed by atoms with Crippen molar-refractivity contribution in [2.24, 2.45) is 4.99 Å². The molecule has 1 atom stereocenters. The number of hydrogen-bond acceptors (Lipinski definition) is 6. The number of halogens is 3. The van der Waals surface area contributed by atoms with Crippen LogP contribution in [-0.4, -0.2) is 75.2 Å². The van der Waals surface area contributed by atoms with Gasteiger partial charge < -0.3 is 14.5 Å².